The number of carbonyl (C=O) groups is 3. The van der Waals surface area contributed by atoms with Crippen molar-refractivity contribution in [2.75, 3.05) is 21.3 Å². The maximum absolute atomic E-state index is 12.9. The molecular formula is C20H27NO7. The minimum atomic E-state index is -1.85. The largest absolute Gasteiger partial charge is 0.493 e. The third-order valence-corrected chi connectivity index (χ3v) is 4.46. The molecule has 1 N–H and O–H groups in total. The number of benzene rings is 1. The molecule has 0 aromatic heterocycles. The van der Waals surface area contributed by atoms with Crippen LogP contribution in [0.1, 0.15) is 33.3 Å². The van der Waals surface area contributed by atoms with Crippen molar-refractivity contribution in [3.05, 3.63) is 17.7 Å². The van der Waals surface area contributed by atoms with Crippen LogP contribution in [0, 0.1) is 5.92 Å². The number of ether oxygens (including phenoxy) is 4. The van der Waals surface area contributed by atoms with Crippen LogP contribution in [0.2, 0.25) is 0 Å². The van der Waals surface area contributed by atoms with Crippen LogP contribution < -0.4 is 19.5 Å². The highest BCUT2D eigenvalue weighted by Crippen LogP contribution is 2.40. The molecule has 2 unspecified atom stereocenters. The van der Waals surface area contributed by atoms with Gasteiger partial charge in [-0.3, -0.25) is 14.4 Å². The van der Waals surface area contributed by atoms with Gasteiger partial charge in [-0.25, -0.2) is 0 Å². The van der Waals surface area contributed by atoms with E-state index in [1.165, 1.54) is 28.3 Å². The number of esters is 1. The molecule has 1 aliphatic rings. The molecule has 1 aromatic rings. The Morgan fingerprint density at radius 3 is 2.07 bits per heavy atom. The first-order valence-corrected chi connectivity index (χ1v) is 8.85. The first-order chi connectivity index (χ1) is 13.0. The highest BCUT2D eigenvalue weighted by Gasteiger charge is 2.57. The summed E-state index contributed by atoms with van der Waals surface area (Å²) < 4.78 is 21.1. The van der Waals surface area contributed by atoms with Crippen LogP contribution in [0.25, 0.3) is 0 Å². The number of ketones is 1. The van der Waals surface area contributed by atoms with E-state index in [0.717, 1.165) is 0 Å². The number of carbonyl (C=O) groups excluding carboxylic acids is 3. The van der Waals surface area contributed by atoms with E-state index in [1.54, 1.807) is 32.9 Å². The molecule has 8 nitrogen and oxygen atoms in total. The molecule has 2 atom stereocenters. The van der Waals surface area contributed by atoms with Crippen LogP contribution in [0.4, 0.5) is 0 Å². The molecule has 0 bridgehead atoms. The first-order valence-electron chi connectivity index (χ1n) is 8.85. The standard InChI is InChI=1S/C20H27NO7/c1-19(2,3)21-18(24)20(4)16(22)12(17(23)28-20)8-11-9-13(25-5)15(27-7)14(10-11)26-6/h9-10,12H,8H2,1-7H3,(H,21,24). The number of hydrogen-bond donors (Lipinski definition) is 1. The Balaban J connectivity index is 2.31. The monoisotopic (exact) mass is 393 g/mol. The van der Waals surface area contributed by atoms with E-state index in [9.17, 15) is 14.4 Å². The molecular weight excluding hydrogens is 366 g/mol. The Hall–Kier alpha value is -2.77. The summed E-state index contributed by atoms with van der Waals surface area (Å²) in [6, 6.07) is 3.32. The van der Waals surface area contributed by atoms with Gasteiger partial charge in [-0.1, -0.05) is 0 Å². The molecule has 154 valence electrons. The summed E-state index contributed by atoms with van der Waals surface area (Å²) in [7, 11) is 4.44. The molecule has 0 spiro atoms. The summed E-state index contributed by atoms with van der Waals surface area (Å²) in [5.74, 6) is -1.82. The van der Waals surface area contributed by atoms with Crippen LogP contribution in [0.15, 0.2) is 12.1 Å². The zero-order valence-electron chi connectivity index (χ0n) is 17.3. The van der Waals surface area contributed by atoms with Gasteiger partial charge in [-0.2, -0.15) is 0 Å². The molecule has 8 heteroatoms. The minimum Gasteiger partial charge on any atom is -0.493 e. The fourth-order valence-electron chi connectivity index (χ4n) is 3.05. The number of methoxy groups -OCH3 is 3. The van der Waals surface area contributed by atoms with Crippen LogP contribution in [0.3, 0.4) is 0 Å². The Morgan fingerprint density at radius 2 is 1.64 bits per heavy atom. The van der Waals surface area contributed by atoms with Crippen molar-refractivity contribution >= 4 is 17.7 Å². The van der Waals surface area contributed by atoms with Crippen molar-refractivity contribution in [1.82, 2.24) is 5.32 Å². The number of rotatable bonds is 6. The molecule has 0 radical (unpaired) electrons. The van der Waals surface area contributed by atoms with Gasteiger partial charge in [0.05, 0.1) is 21.3 Å². The Labute approximate surface area is 164 Å². The van der Waals surface area contributed by atoms with E-state index in [-0.39, 0.29) is 6.42 Å². The normalized spacial score (nSPS) is 21.9. The molecule has 28 heavy (non-hydrogen) atoms. The van der Waals surface area contributed by atoms with Gasteiger partial charge >= 0.3 is 5.97 Å². The SMILES string of the molecule is COc1cc(CC2C(=O)OC(C)(C(=O)NC(C)(C)C)C2=O)cc(OC)c1OC. The number of hydrogen-bond acceptors (Lipinski definition) is 7. The smallest absolute Gasteiger partial charge is 0.318 e. The zero-order valence-corrected chi connectivity index (χ0v) is 17.3. The van der Waals surface area contributed by atoms with Crippen molar-refractivity contribution in [1.29, 1.82) is 0 Å². The van der Waals surface area contributed by atoms with E-state index in [2.05, 4.69) is 5.32 Å². The summed E-state index contributed by atoms with van der Waals surface area (Å²) in [4.78, 5) is 37.9. The van der Waals surface area contributed by atoms with Gasteiger partial charge in [0.15, 0.2) is 17.3 Å². The molecule has 1 saturated heterocycles. The van der Waals surface area contributed by atoms with E-state index in [1.807, 2.05) is 0 Å². The lowest BCUT2D eigenvalue weighted by Crippen LogP contribution is -2.55. The quantitative estimate of drug-likeness (QED) is 0.580. The average Bonchev–Trinajstić information content (AvgIpc) is 2.83. The lowest BCUT2D eigenvalue weighted by Gasteiger charge is -2.27. The van der Waals surface area contributed by atoms with Crippen LogP contribution in [-0.2, 0) is 25.5 Å². The third kappa shape index (κ3) is 4.05. The van der Waals surface area contributed by atoms with Gasteiger partial charge in [-0.05, 0) is 51.8 Å². The number of amides is 1. The second-order valence-corrected chi connectivity index (χ2v) is 7.81. The number of nitrogens with one attached hydrogen (secondary N) is 1. The predicted octanol–water partition coefficient (Wildman–Crippen LogP) is 1.67. The maximum Gasteiger partial charge on any atom is 0.318 e. The van der Waals surface area contributed by atoms with Gasteiger partial charge in [0.1, 0.15) is 5.92 Å². The lowest BCUT2D eigenvalue weighted by molar-refractivity contribution is -0.160. The number of cyclic esters (lactones) is 1. The first kappa shape index (κ1) is 21.5. The van der Waals surface area contributed by atoms with Crippen LogP contribution in [-0.4, -0.2) is 50.1 Å². The predicted molar refractivity (Wildman–Crippen MR) is 101 cm³/mol. The van der Waals surface area contributed by atoms with E-state index < -0.39 is 34.7 Å². The summed E-state index contributed by atoms with van der Waals surface area (Å²) in [5.41, 5.74) is -1.80. The summed E-state index contributed by atoms with van der Waals surface area (Å²) in [5, 5.41) is 2.70. The van der Waals surface area contributed by atoms with E-state index >= 15 is 0 Å². The molecule has 2 rings (SSSR count). The van der Waals surface area contributed by atoms with Crippen LogP contribution >= 0.6 is 0 Å². The molecule has 1 fully saturated rings. The van der Waals surface area contributed by atoms with Crippen molar-refractivity contribution in [3.63, 3.8) is 0 Å². The summed E-state index contributed by atoms with van der Waals surface area (Å²) in [6.45, 7) is 6.66. The second-order valence-electron chi connectivity index (χ2n) is 7.81. The van der Waals surface area contributed by atoms with Gasteiger partial charge in [0, 0.05) is 5.54 Å². The average molecular weight is 393 g/mol. The van der Waals surface area contributed by atoms with Crippen molar-refractivity contribution in [2.45, 2.75) is 45.3 Å². The van der Waals surface area contributed by atoms with Gasteiger partial charge in [0.25, 0.3) is 5.91 Å². The molecule has 1 amide bonds. The van der Waals surface area contributed by atoms with Crippen LogP contribution in [0.5, 0.6) is 17.2 Å². The van der Waals surface area contributed by atoms with Crippen molar-refractivity contribution in [2.24, 2.45) is 5.92 Å². The number of Topliss-reactive ketones (excluding diaryl/α,β-unsaturated/α-hetero) is 1. The molecule has 1 aromatic carbocycles. The van der Waals surface area contributed by atoms with Crippen molar-refractivity contribution in [3.8, 4) is 17.2 Å². The fraction of sp³-hybridized carbons (Fsp3) is 0.550. The summed E-state index contributed by atoms with van der Waals surface area (Å²) in [6.07, 6.45) is 0.0484. The Kier molecular flexibility index (Phi) is 5.91. The zero-order chi connectivity index (χ0) is 21.3. The van der Waals surface area contributed by atoms with Gasteiger partial charge in [-0.15, -0.1) is 0 Å². The molecule has 0 aliphatic carbocycles. The highest BCUT2D eigenvalue weighted by molar-refractivity contribution is 6.20. The molecule has 0 saturated carbocycles. The molecule has 1 heterocycles. The Bertz CT molecular complexity index is 771. The second kappa shape index (κ2) is 7.69. The minimum absolute atomic E-state index is 0.0484. The summed E-state index contributed by atoms with van der Waals surface area (Å²) >= 11 is 0. The van der Waals surface area contributed by atoms with Gasteiger partial charge in [0.2, 0.25) is 11.4 Å². The molecule has 1 aliphatic heterocycles. The Morgan fingerprint density at radius 1 is 1.11 bits per heavy atom. The topological polar surface area (TPSA) is 100 Å². The fourth-order valence-corrected chi connectivity index (χ4v) is 3.05. The third-order valence-electron chi connectivity index (χ3n) is 4.46. The maximum atomic E-state index is 12.9. The lowest BCUT2D eigenvalue weighted by atomic mass is 9.88. The van der Waals surface area contributed by atoms with E-state index in [4.69, 9.17) is 18.9 Å². The van der Waals surface area contributed by atoms with Gasteiger partial charge < -0.3 is 24.3 Å². The highest BCUT2D eigenvalue weighted by atomic mass is 16.6. The van der Waals surface area contributed by atoms with Crippen molar-refractivity contribution < 1.29 is 33.3 Å². The van der Waals surface area contributed by atoms with E-state index in [0.29, 0.717) is 22.8 Å².